The van der Waals surface area contributed by atoms with E-state index < -0.39 is 12.1 Å². The Morgan fingerprint density at radius 3 is 2.89 bits per heavy atom. The molecule has 0 saturated carbocycles. The Balaban J connectivity index is 1.82. The number of esters is 1. The van der Waals surface area contributed by atoms with E-state index in [1.165, 1.54) is 13.4 Å². The second-order valence-electron chi connectivity index (χ2n) is 6.61. The van der Waals surface area contributed by atoms with Crippen LogP contribution in [0.2, 0.25) is 0 Å². The minimum absolute atomic E-state index is 0.231. The Hall–Kier alpha value is -2.58. The molecule has 2 aromatic heterocycles. The lowest BCUT2D eigenvalue weighted by atomic mass is 10.0. The van der Waals surface area contributed by atoms with Crippen LogP contribution in [-0.4, -0.2) is 59.8 Å². The summed E-state index contributed by atoms with van der Waals surface area (Å²) in [7, 11) is 1.31. The maximum absolute atomic E-state index is 13.2. The maximum Gasteiger partial charge on any atom is 0.339 e. The van der Waals surface area contributed by atoms with Crippen molar-refractivity contribution in [2.75, 3.05) is 26.9 Å². The van der Waals surface area contributed by atoms with Crippen LogP contribution in [0.5, 0.6) is 0 Å². The number of aryl methyl sites for hydroxylation is 1. The lowest BCUT2D eigenvalue weighted by molar-refractivity contribution is -0.0198. The quantitative estimate of drug-likeness (QED) is 0.773. The fourth-order valence-electron chi connectivity index (χ4n) is 3.49. The van der Waals surface area contributed by atoms with E-state index in [1.807, 2.05) is 0 Å². The van der Waals surface area contributed by atoms with Gasteiger partial charge in [-0.1, -0.05) is 0 Å². The summed E-state index contributed by atoms with van der Waals surface area (Å²) in [5, 5.41) is 10.4. The van der Waals surface area contributed by atoms with Crippen LogP contribution in [0, 0.1) is 13.8 Å². The summed E-state index contributed by atoms with van der Waals surface area (Å²) in [6.07, 6.45) is 0.958. The van der Waals surface area contributed by atoms with Crippen molar-refractivity contribution in [2.24, 2.45) is 0 Å². The molecule has 2 N–H and O–H groups in total. The molecule has 8 heteroatoms. The van der Waals surface area contributed by atoms with Gasteiger partial charge in [0.15, 0.2) is 0 Å². The highest BCUT2D eigenvalue weighted by Crippen LogP contribution is 2.26. The van der Waals surface area contributed by atoms with Crippen molar-refractivity contribution in [3.05, 3.63) is 46.7 Å². The number of aliphatic hydroxyl groups is 1. The predicted octanol–water partition coefficient (Wildman–Crippen LogP) is 1.98. The number of morpholine rings is 1. The number of amides is 1. The molecule has 2 atom stereocenters. The minimum atomic E-state index is -0.834. The third kappa shape index (κ3) is 3.77. The van der Waals surface area contributed by atoms with Crippen molar-refractivity contribution < 1.29 is 28.6 Å². The molecule has 0 bridgehead atoms. The zero-order valence-corrected chi connectivity index (χ0v) is 15.7. The number of methoxy groups -OCH3 is 1. The molecule has 146 valence electrons. The number of furan rings is 1. The van der Waals surface area contributed by atoms with E-state index in [0.29, 0.717) is 54.5 Å². The fraction of sp³-hybridized carbons (Fsp3) is 0.474. The van der Waals surface area contributed by atoms with E-state index in [9.17, 15) is 14.7 Å². The molecule has 0 spiro atoms. The Morgan fingerprint density at radius 1 is 1.44 bits per heavy atom. The molecule has 3 rings (SSSR count). The van der Waals surface area contributed by atoms with Gasteiger partial charge < -0.3 is 28.9 Å². The third-order valence-electron chi connectivity index (χ3n) is 4.90. The molecular formula is C19H24N2O6. The van der Waals surface area contributed by atoms with Gasteiger partial charge in [-0.25, -0.2) is 4.79 Å². The zero-order valence-electron chi connectivity index (χ0n) is 15.7. The van der Waals surface area contributed by atoms with E-state index in [1.54, 1.807) is 30.9 Å². The summed E-state index contributed by atoms with van der Waals surface area (Å²) in [4.78, 5) is 29.8. The number of carbonyl (C=O) groups is 2. The van der Waals surface area contributed by atoms with E-state index in [2.05, 4.69) is 4.98 Å². The minimum Gasteiger partial charge on any atom is -0.467 e. The van der Waals surface area contributed by atoms with Crippen LogP contribution < -0.4 is 0 Å². The SMILES string of the molecule is COC(=O)c1c(C)[nH]c(C(=O)N2CCOC[C@H]2C[C@@H](O)c2ccco2)c1C. The monoisotopic (exact) mass is 376 g/mol. The van der Waals surface area contributed by atoms with Crippen LogP contribution in [0.1, 0.15) is 50.4 Å². The number of hydrogen-bond acceptors (Lipinski definition) is 6. The molecule has 1 amide bonds. The molecule has 1 fully saturated rings. The van der Waals surface area contributed by atoms with Gasteiger partial charge >= 0.3 is 5.97 Å². The van der Waals surface area contributed by atoms with Gasteiger partial charge in [0.2, 0.25) is 0 Å². The lowest BCUT2D eigenvalue weighted by Gasteiger charge is -2.36. The van der Waals surface area contributed by atoms with E-state index in [4.69, 9.17) is 13.9 Å². The molecular weight excluding hydrogens is 352 g/mol. The summed E-state index contributed by atoms with van der Waals surface area (Å²) >= 11 is 0. The third-order valence-corrected chi connectivity index (χ3v) is 4.90. The van der Waals surface area contributed by atoms with E-state index in [0.717, 1.165) is 0 Å². The number of ether oxygens (including phenoxy) is 2. The summed E-state index contributed by atoms with van der Waals surface area (Å²) in [6.45, 7) is 4.59. The highest BCUT2D eigenvalue weighted by molar-refractivity contribution is 6.00. The molecule has 0 unspecified atom stereocenters. The number of hydrogen-bond donors (Lipinski definition) is 2. The molecule has 0 aromatic carbocycles. The summed E-state index contributed by atoms with van der Waals surface area (Å²) in [6, 6.07) is 3.09. The van der Waals surface area contributed by atoms with Crippen LogP contribution in [0.25, 0.3) is 0 Å². The summed E-state index contributed by atoms with van der Waals surface area (Å²) < 4.78 is 15.6. The van der Waals surface area contributed by atoms with Crippen molar-refractivity contribution in [3.8, 4) is 0 Å². The maximum atomic E-state index is 13.2. The molecule has 0 aliphatic carbocycles. The van der Waals surface area contributed by atoms with E-state index >= 15 is 0 Å². The molecule has 1 aliphatic heterocycles. The second kappa shape index (κ2) is 7.98. The second-order valence-corrected chi connectivity index (χ2v) is 6.61. The first-order valence-electron chi connectivity index (χ1n) is 8.81. The zero-order chi connectivity index (χ0) is 19.6. The van der Waals surface area contributed by atoms with E-state index in [-0.39, 0.29) is 11.9 Å². The molecule has 1 aliphatic rings. The fourth-order valence-corrected chi connectivity index (χ4v) is 3.49. The number of rotatable bonds is 5. The summed E-state index contributed by atoms with van der Waals surface area (Å²) in [5.41, 5.74) is 1.87. The number of nitrogens with zero attached hydrogens (tertiary/aromatic N) is 1. The normalized spacial score (nSPS) is 18.4. The van der Waals surface area contributed by atoms with Gasteiger partial charge in [-0.3, -0.25) is 4.79 Å². The number of aliphatic hydroxyl groups excluding tert-OH is 1. The molecule has 2 aromatic rings. The van der Waals surface area contributed by atoms with Crippen LogP contribution in [0.15, 0.2) is 22.8 Å². The molecule has 3 heterocycles. The number of H-pyrrole nitrogens is 1. The van der Waals surface area contributed by atoms with Crippen LogP contribution in [-0.2, 0) is 9.47 Å². The predicted molar refractivity (Wildman–Crippen MR) is 95.5 cm³/mol. The van der Waals surface area contributed by atoms with Crippen LogP contribution >= 0.6 is 0 Å². The average Bonchev–Trinajstić information content (AvgIpc) is 3.29. The Labute approximate surface area is 157 Å². The van der Waals surface area contributed by atoms with Crippen LogP contribution in [0.4, 0.5) is 0 Å². The van der Waals surface area contributed by atoms with Crippen LogP contribution in [0.3, 0.4) is 0 Å². The van der Waals surface area contributed by atoms with Crippen molar-refractivity contribution in [2.45, 2.75) is 32.4 Å². The first-order valence-corrected chi connectivity index (χ1v) is 8.81. The highest BCUT2D eigenvalue weighted by Gasteiger charge is 2.33. The Bertz CT molecular complexity index is 811. The summed E-state index contributed by atoms with van der Waals surface area (Å²) in [5.74, 6) is -0.259. The van der Waals surface area contributed by atoms with Gasteiger partial charge in [0, 0.05) is 18.7 Å². The smallest absolute Gasteiger partial charge is 0.339 e. The highest BCUT2D eigenvalue weighted by atomic mass is 16.5. The first-order chi connectivity index (χ1) is 12.9. The first kappa shape index (κ1) is 19.2. The lowest BCUT2D eigenvalue weighted by Crippen LogP contribution is -2.49. The Morgan fingerprint density at radius 2 is 2.22 bits per heavy atom. The molecule has 27 heavy (non-hydrogen) atoms. The number of aromatic nitrogens is 1. The number of carbonyl (C=O) groups excluding carboxylic acids is 2. The molecule has 1 saturated heterocycles. The van der Waals surface area contributed by atoms with Crippen molar-refractivity contribution >= 4 is 11.9 Å². The average molecular weight is 376 g/mol. The standard InChI is InChI=1S/C19H24N2O6/c1-11-16(19(24)25-3)12(2)20-17(11)18(23)21-6-8-26-10-13(21)9-14(22)15-5-4-7-27-15/h4-5,7,13-14,20,22H,6,8-10H2,1-3H3/t13-,14-/m1/s1. The van der Waals surface area contributed by atoms with Crippen molar-refractivity contribution in [3.63, 3.8) is 0 Å². The molecule has 8 nitrogen and oxygen atoms in total. The number of aromatic amines is 1. The topological polar surface area (TPSA) is 105 Å². The largest absolute Gasteiger partial charge is 0.467 e. The van der Waals surface area contributed by atoms with Gasteiger partial charge in [0.1, 0.15) is 17.6 Å². The number of nitrogens with one attached hydrogen (secondary N) is 1. The van der Waals surface area contributed by atoms with Gasteiger partial charge in [-0.05, 0) is 31.5 Å². The Kier molecular flexibility index (Phi) is 5.67. The van der Waals surface area contributed by atoms with Gasteiger partial charge in [-0.2, -0.15) is 0 Å². The van der Waals surface area contributed by atoms with Gasteiger partial charge in [0.25, 0.3) is 5.91 Å². The van der Waals surface area contributed by atoms with Gasteiger partial charge in [-0.15, -0.1) is 0 Å². The van der Waals surface area contributed by atoms with Crippen molar-refractivity contribution in [1.29, 1.82) is 0 Å². The molecule has 0 radical (unpaired) electrons. The van der Waals surface area contributed by atoms with Crippen molar-refractivity contribution in [1.82, 2.24) is 9.88 Å². The van der Waals surface area contributed by atoms with Gasteiger partial charge in [0.05, 0.1) is 38.2 Å².